The maximum atomic E-state index is 15.3. The number of benzene rings is 4. The molecular weight excluding hydrogens is 875 g/mol. The van der Waals surface area contributed by atoms with Gasteiger partial charge >= 0.3 is 0 Å². The molecule has 14 heteroatoms. The van der Waals surface area contributed by atoms with Gasteiger partial charge in [-0.25, -0.2) is 8.42 Å². The summed E-state index contributed by atoms with van der Waals surface area (Å²) in [6.45, 7) is 7.91. The van der Waals surface area contributed by atoms with Gasteiger partial charge in [0.15, 0.2) is 0 Å². The number of aliphatic hydroxyl groups excluding tert-OH is 2. The highest BCUT2D eigenvalue weighted by molar-refractivity contribution is 7.98. The lowest BCUT2D eigenvalue weighted by Crippen LogP contribution is -2.70. The molecule has 1 fully saturated rings. The Hall–Kier alpha value is -4.96. The van der Waals surface area contributed by atoms with E-state index in [9.17, 15) is 15.0 Å². The molecule has 4 aromatic carbocycles. The van der Waals surface area contributed by atoms with E-state index in [4.69, 9.17) is 24.2 Å². The number of unbranched alkanes of at least 4 members (excludes halogenated alkanes) is 2. The minimum Gasteiger partial charge on any atom is -0.460 e. The van der Waals surface area contributed by atoms with Crippen LogP contribution in [0.25, 0.3) is 0 Å². The summed E-state index contributed by atoms with van der Waals surface area (Å²) in [7, 11) is -4.27. The van der Waals surface area contributed by atoms with E-state index >= 15 is 8.42 Å². The van der Waals surface area contributed by atoms with Gasteiger partial charge in [0.2, 0.25) is 21.7 Å². The van der Waals surface area contributed by atoms with Crippen LogP contribution < -0.4 is 14.8 Å². The van der Waals surface area contributed by atoms with Crippen molar-refractivity contribution in [2.24, 2.45) is 22.9 Å². The molecule has 2 aliphatic carbocycles. The van der Waals surface area contributed by atoms with Crippen LogP contribution in [0, 0.1) is 17.8 Å². The number of oxime groups is 1. The van der Waals surface area contributed by atoms with Crippen molar-refractivity contribution in [1.82, 2.24) is 4.31 Å². The van der Waals surface area contributed by atoms with Gasteiger partial charge in [-0.15, -0.1) is 18.3 Å². The minimum atomic E-state index is -4.27. The summed E-state index contributed by atoms with van der Waals surface area (Å²) in [6.07, 6.45) is 10.9. The summed E-state index contributed by atoms with van der Waals surface area (Å²) >= 11 is 1.66. The van der Waals surface area contributed by atoms with Gasteiger partial charge < -0.3 is 34.6 Å². The van der Waals surface area contributed by atoms with Crippen molar-refractivity contribution in [3.63, 3.8) is 0 Å². The Morgan fingerprint density at radius 2 is 1.68 bits per heavy atom. The predicted molar refractivity (Wildman–Crippen MR) is 259 cm³/mol. The van der Waals surface area contributed by atoms with E-state index in [0.717, 1.165) is 47.3 Å². The number of anilines is 1. The van der Waals surface area contributed by atoms with Gasteiger partial charge in [0.1, 0.15) is 23.9 Å². The fourth-order valence-electron chi connectivity index (χ4n) is 9.94. The molecule has 12 nitrogen and oxygen atoms in total. The number of hydrogen-bond donors (Lipinski definition) is 3. The van der Waals surface area contributed by atoms with Gasteiger partial charge in [0.25, 0.3) is 0 Å². The average molecular weight is 938 g/mol. The number of thioether (sulfide) groups is 1. The lowest BCUT2D eigenvalue weighted by Gasteiger charge is -2.59. The number of carbonyl (C=O) groups is 1. The molecule has 0 saturated heterocycles. The highest BCUT2D eigenvalue weighted by Gasteiger charge is 2.66. The first-order valence-electron chi connectivity index (χ1n) is 23.0. The molecule has 4 aromatic rings. The maximum Gasteiger partial charge on any atom is 0.243 e. The molecule has 3 N–H and O–H groups in total. The third-order valence-electron chi connectivity index (χ3n) is 12.8. The Bertz CT molecular complexity index is 2430. The van der Waals surface area contributed by atoms with Crippen molar-refractivity contribution in [2.75, 3.05) is 37.9 Å². The first-order valence-corrected chi connectivity index (χ1v) is 25.7. The maximum absolute atomic E-state index is 15.3. The lowest BCUT2D eigenvalue weighted by atomic mass is 9.55. The Kier molecular flexibility index (Phi) is 16.8. The number of rotatable bonds is 23. The number of nitrogens with one attached hydrogen (secondary N) is 1. The zero-order chi connectivity index (χ0) is 46.7. The number of sulfonamides is 1. The zero-order valence-electron chi connectivity index (χ0n) is 38.1. The summed E-state index contributed by atoms with van der Waals surface area (Å²) in [5.41, 5.74) is 3.80. The Balaban J connectivity index is 1.45. The van der Waals surface area contributed by atoms with Crippen molar-refractivity contribution in [2.45, 2.75) is 99.4 Å². The van der Waals surface area contributed by atoms with E-state index in [1.807, 2.05) is 79.9 Å². The molecule has 66 heavy (non-hydrogen) atoms. The molecule has 0 spiro atoms. The lowest BCUT2D eigenvalue weighted by molar-refractivity contribution is -0.251. The van der Waals surface area contributed by atoms with Crippen LogP contribution in [0.5, 0.6) is 17.2 Å². The first-order chi connectivity index (χ1) is 32.1. The molecule has 1 heterocycles. The van der Waals surface area contributed by atoms with Crippen LogP contribution in [0.2, 0.25) is 0 Å². The Morgan fingerprint density at radius 3 is 2.35 bits per heavy atom. The fourth-order valence-corrected chi connectivity index (χ4v) is 12.1. The molecule has 1 amide bonds. The van der Waals surface area contributed by atoms with Crippen molar-refractivity contribution >= 4 is 39.1 Å². The molecule has 1 saturated carbocycles. The number of nitrogens with zero attached hydrogens (tertiary/aromatic N) is 2. The molecule has 352 valence electrons. The Labute approximate surface area is 394 Å². The SMILES string of the molecule is C=CCOC12Oc3ccc(Oc4ccc(SC)cc4)cc3C3C(CCCCO)C(CCCCO)C=C(C(=NOCc4ccccc4)CC1N(CCC)S(=O)(=O)c1ccc(NC(C)=O)cc1)C32. The third kappa shape index (κ3) is 10.9. The minimum absolute atomic E-state index is 0.0164. The van der Waals surface area contributed by atoms with Crippen molar-refractivity contribution in [3.05, 3.63) is 132 Å². The fraction of sp³-hybridized carbons (Fsp3) is 0.423. The van der Waals surface area contributed by atoms with Crippen LogP contribution in [0.15, 0.2) is 136 Å². The monoisotopic (exact) mass is 937 g/mol. The standard InChI is InChI=1S/C52H63N3O9S2/c1-5-28-55(66(59,60)43-25-18-39(19-26-43)53-36(3)58)49-34-47(54-62-35-37-14-8-7-9-15-37)45-32-38(16-10-12-29-56)44(17-11-13-30-57)50-46-33-41(63-40-20-23-42(65-4)24-21-40)22-27-48(46)64-52(49,51(45)50)61-31-6-2/h6-9,14-15,18-27,32-33,38,44,49-51,56-57H,2,5,10-13,16-17,28-31,34-35H2,1,3-4H3,(H,53,58). The summed E-state index contributed by atoms with van der Waals surface area (Å²) in [6, 6.07) is 28.8. The molecule has 7 rings (SSSR count). The second-order valence-corrected chi connectivity index (χ2v) is 19.9. The summed E-state index contributed by atoms with van der Waals surface area (Å²) in [5, 5.41) is 27.6. The predicted octanol–water partition coefficient (Wildman–Crippen LogP) is 10.1. The molecule has 0 aromatic heterocycles. The number of allylic oxidation sites excluding steroid dienone is 1. The first kappa shape index (κ1) is 49.0. The van der Waals surface area contributed by atoms with Gasteiger partial charge in [-0.05, 0) is 128 Å². The summed E-state index contributed by atoms with van der Waals surface area (Å²) in [5.74, 6) is -0.870. The highest BCUT2D eigenvalue weighted by atomic mass is 32.2. The normalized spacial score (nSPS) is 22.7. The largest absolute Gasteiger partial charge is 0.460 e. The van der Waals surface area contributed by atoms with Gasteiger partial charge in [-0.2, -0.15) is 4.31 Å². The molecule has 3 aliphatic rings. The van der Waals surface area contributed by atoms with Crippen molar-refractivity contribution < 1.29 is 42.5 Å². The smallest absolute Gasteiger partial charge is 0.243 e. The quantitative estimate of drug-likeness (QED) is 0.0283. The Morgan fingerprint density at radius 1 is 0.970 bits per heavy atom. The molecule has 0 radical (unpaired) electrons. The number of hydrogen-bond acceptors (Lipinski definition) is 11. The van der Waals surface area contributed by atoms with E-state index < -0.39 is 27.8 Å². The van der Waals surface area contributed by atoms with Gasteiger partial charge in [-0.3, -0.25) is 4.79 Å². The van der Waals surface area contributed by atoms with Crippen LogP contribution >= 0.6 is 11.8 Å². The molecule has 1 aliphatic heterocycles. The average Bonchev–Trinajstić information content (AvgIpc) is 3.32. The molecule has 6 atom stereocenters. The van der Waals surface area contributed by atoms with E-state index in [2.05, 4.69) is 24.0 Å². The second kappa shape index (κ2) is 22.7. The van der Waals surface area contributed by atoms with Crippen molar-refractivity contribution in [1.29, 1.82) is 0 Å². The second-order valence-electron chi connectivity index (χ2n) is 17.1. The molecular formula is C52H63N3O9S2. The van der Waals surface area contributed by atoms with Crippen LogP contribution in [-0.4, -0.2) is 79.0 Å². The third-order valence-corrected chi connectivity index (χ3v) is 15.4. The number of ether oxygens (including phenoxy) is 3. The van der Waals surface area contributed by atoms with E-state index in [-0.39, 0.29) is 67.9 Å². The van der Waals surface area contributed by atoms with E-state index in [1.165, 1.54) is 23.4 Å². The van der Waals surface area contributed by atoms with Crippen molar-refractivity contribution in [3.8, 4) is 17.2 Å². The van der Waals surface area contributed by atoms with Gasteiger partial charge in [0, 0.05) is 55.2 Å². The zero-order valence-corrected chi connectivity index (χ0v) is 39.8. The van der Waals surface area contributed by atoms with Gasteiger partial charge in [-0.1, -0.05) is 67.4 Å². The number of fused-ring (bicyclic) bond motifs is 2. The van der Waals surface area contributed by atoms with Crippen LogP contribution in [0.1, 0.15) is 82.3 Å². The summed E-state index contributed by atoms with van der Waals surface area (Å²) < 4.78 is 53.1. The van der Waals surface area contributed by atoms with E-state index in [1.54, 1.807) is 30.0 Å². The topological polar surface area (TPSA) is 156 Å². The van der Waals surface area contributed by atoms with Gasteiger partial charge in [0.05, 0.1) is 29.2 Å². The number of amides is 1. The van der Waals surface area contributed by atoms with Crippen LogP contribution in [0.3, 0.4) is 0 Å². The van der Waals surface area contributed by atoms with E-state index in [0.29, 0.717) is 47.9 Å². The highest BCUT2D eigenvalue weighted by Crippen LogP contribution is 2.62. The number of aliphatic hydroxyl groups is 2. The molecule has 0 bridgehead atoms. The van der Waals surface area contributed by atoms with Crippen LogP contribution in [0.4, 0.5) is 5.69 Å². The number of carbonyl (C=O) groups excluding carboxylic acids is 1. The summed E-state index contributed by atoms with van der Waals surface area (Å²) in [4.78, 5) is 19.3. The molecule has 6 unspecified atom stereocenters. The van der Waals surface area contributed by atoms with Crippen LogP contribution in [-0.2, 0) is 31.0 Å².